The Bertz CT molecular complexity index is 1490. The van der Waals surface area contributed by atoms with Gasteiger partial charge in [-0.05, 0) is 47.9 Å². The van der Waals surface area contributed by atoms with E-state index in [0.29, 0.717) is 35.9 Å². The third-order valence-electron chi connectivity index (χ3n) is 8.03. The van der Waals surface area contributed by atoms with Crippen molar-refractivity contribution in [3.63, 3.8) is 0 Å². The van der Waals surface area contributed by atoms with Crippen molar-refractivity contribution in [1.82, 2.24) is 9.97 Å². The number of anilines is 2. The molecule has 0 spiro atoms. The Morgan fingerprint density at radius 2 is 1.10 bits per heavy atom. The maximum Gasteiger partial charge on any atom is 0.261 e. The van der Waals surface area contributed by atoms with Gasteiger partial charge in [0, 0.05) is 57.5 Å². The van der Waals surface area contributed by atoms with Crippen LogP contribution in [0.4, 0.5) is 11.6 Å². The number of fused-ring (bicyclic) bond motifs is 2. The van der Waals surface area contributed by atoms with Crippen molar-refractivity contribution in [3.8, 4) is 20.9 Å². The summed E-state index contributed by atoms with van der Waals surface area (Å²) < 4.78 is 0. The van der Waals surface area contributed by atoms with Crippen LogP contribution in [0.2, 0.25) is 0 Å². The predicted molar refractivity (Wildman–Crippen MR) is 175 cm³/mol. The van der Waals surface area contributed by atoms with Crippen LogP contribution in [0, 0.1) is 0 Å². The van der Waals surface area contributed by atoms with Gasteiger partial charge in [0.1, 0.15) is 11.6 Å². The topological polar surface area (TPSA) is 66.4 Å². The number of carbonyl (C=O) groups excluding carboxylic acids is 2. The Morgan fingerprint density at radius 3 is 1.48 bits per heavy atom. The van der Waals surface area contributed by atoms with Crippen LogP contribution >= 0.6 is 22.7 Å². The molecule has 2 amide bonds. The van der Waals surface area contributed by atoms with Crippen molar-refractivity contribution in [2.45, 2.75) is 65.2 Å². The van der Waals surface area contributed by atoms with E-state index in [1.165, 1.54) is 0 Å². The molecule has 4 aromatic rings. The highest BCUT2D eigenvalue weighted by molar-refractivity contribution is 7.13. The molecule has 0 bridgehead atoms. The lowest BCUT2D eigenvalue weighted by Gasteiger charge is -2.16. The summed E-state index contributed by atoms with van der Waals surface area (Å²) >= 11 is 3.28. The molecular formula is C34H36N4O2S2. The fraction of sp³-hybridized carbons (Fsp3) is 0.353. The lowest BCUT2D eigenvalue weighted by atomic mass is 9.96. The second-order valence-corrected chi connectivity index (χ2v) is 12.8. The van der Waals surface area contributed by atoms with E-state index in [-0.39, 0.29) is 11.8 Å². The van der Waals surface area contributed by atoms with E-state index in [4.69, 9.17) is 9.97 Å². The predicted octanol–water partition coefficient (Wildman–Crippen LogP) is 8.70. The van der Waals surface area contributed by atoms with Crippen LogP contribution in [-0.4, -0.2) is 34.9 Å². The first kappa shape index (κ1) is 28.5. The molecule has 2 aliphatic rings. The summed E-state index contributed by atoms with van der Waals surface area (Å²) in [6.07, 6.45) is 12.1. The SMILES string of the molecule is CCCCCCN1C(=O)/C(=C2\C(=O)N(CCCCCC)c3ncc(-c4cccs4)cc32)c2cc(-c3cccs3)cnc21. The maximum absolute atomic E-state index is 14.3. The quantitative estimate of drug-likeness (QED) is 0.121. The lowest BCUT2D eigenvalue weighted by molar-refractivity contribution is -0.114. The molecule has 6 rings (SSSR count). The number of thiophene rings is 2. The molecule has 2 aliphatic heterocycles. The minimum Gasteiger partial charge on any atom is -0.292 e. The summed E-state index contributed by atoms with van der Waals surface area (Å²) in [5.41, 5.74) is 4.30. The molecule has 42 heavy (non-hydrogen) atoms. The molecule has 0 unspecified atom stereocenters. The number of aromatic nitrogens is 2. The molecule has 6 heterocycles. The molecule has 0 saturated heterocycles. The van der Waals surface area contributed by atoms with E-state index >= 15 is 0 Å². The molecule has 0 N–H and O–H groups in total. The number of hydrogen-bond acceptors (Lipinski definition) is 6. The smallest absolute Gasteiger partial charge is 0.261 e. The molecule has 0 saturated carbocycles. The molecule has 0 aromatic carbocycles. The van der Waals surface area contributed by atoms with Crippen molar-refractivity contribution in [3.05, 3.63) is 70.7 Å². The molecular weight excluding hydrogens is 561 g/mol. The molecule has 216 valence electrons. The van der Waals surface area contributed by atoms with E-state index in [2.05, 4.69) is 26.0 Å². The molecule has 8 heteroatoms. The number of hydrogen-bond donors (Lipinski definition) is 0. The first-order chi connectivity index (χ1) is 20.6. The molecule has 0 aliphatic carbocycles. The van der Waals surface area contributed by atoms with Gasteiger partial charge in [-0.1, -0.05) is 64.5 Å². The van der Waals surface area contributed by atoms with Crippen molar-refractivity contribution >= 4 is 57.3 Å². The van der Waals surface area contributed by atoms with Gasteiger partial charge >= 0.3 is 0 Å². The summed E-state index contributed by atoms with van der Waals surface area (Å²) in [4.78, 5) is 44.1. The van der Waals surface area contributed by atoms with Gasteiger partial charge in [-0.2, -0.15) is 0 Å². The molecule has 0 radical (unpaired) electrons. The van der Waals surface area contributed by atoms with Crippen molar-refractivity contribution in [2.75, 3.05) is 22.9 Å². The van der Waals surface area contributed by atoms with Crippen LogP contribution in [0.15, 0.2) is 59.6 Å². The summed E-state index contributed by atoms with van der Waals surface area (Å²) in [6, 6.07) is 12.3. The normalized spacial score (nSPS) is 16.0. The third kappa shape index (κ3) is 5.34. The van der Waals surface area contributed by atoms with Crippen LogP contribution in [0.3, 0.4) is 0 Å². The second kappa shape index (κ2) is 12.7. The first-order valence-corrected chi connectivity index (χ1v) is 16.8. The Hall–Kier alpha value is -3.62. The van der Waals surface area contributed by atoms with E-state index < -0.39 is 0 Å². The fourth-order valence-electron chi connectivity index (χ4n) is 5.85. The number of rotatable bonds is 12. The fourth-order valence-corrected chi connectivity index (χ4v) is 7.27. The molecule has 0 atom stereocenters. The van der Waals surface area contributed by atoms with Gasteiger partial charge < -0.3 is 0 Å². The number of nitrogens with zero attached hydrogens (tertiary/aromatic N) is 4. The van der Waals surface area contributed by atoms with Crippen LogP contribution in [0.5, 0.6) is 0 Å². The van der Waals surface area contributed by atoms with E-state index in [1.807, 2.05) is 47.4 Å². The van der Waals surface area contributed by atoms with Gasteiger partial charge in [0.05, 0.1) is 11.1 Å². The standard InChI is InChI=1S/C34H36N4O2S2/c1-3-5-7-9-15-37-31-25(19-23(21-35-31)27-13-11-17-41-27)29(33(37)39)30-26-20-24(28-14-12-18-42-28)22-36-32(26)38(34(30)40)16-10-8-6-4-2/h11-14,17-22H,3-10,15-16H2,1-2H3/b30-29-. The number of carbonyl (C=O) groups is 2. The highest BCUT2D eigenvalue weighted by Crippen LogP contribution is 2.47. The second-order valence-electron chi connectivity index (χ2n) is 10.9. The Kier molecular flexibility index (Phi) is 8.63. The number of pyridine rings is 2. The Morgan fingerprint density at radius 1 is 0.643 bits per heavy atom. The average molecular weight is 597 g/mol. The maximum atomic E-state index is 14.3. The largest absolute Gasteiger partial charge is 0.292 e. The number of unbranched alkanes of at least 4 members (excludes halogenated alkanes) is 6. The van der Waals surface area contributed by atoms with Crippen molar-refractivity contribution in [1.29, 1.82) is 0 Å². The minimum atomic E-state index is -0.138. The zero-order valence-corrected chi connectivity index (χ0v) is 25.9. The van der Waals surface area contributed by atoms with Crippen LogP contribution in [0.25, 0.3) is 32.0 Å². The summed E-state index contributed by atoms with van der Waals surface area (Å²) in [5, 5.41) is 4.08. The van der Waals surface area contributed by atoms with Gasteiger partial charge in [0.15, 0.2) is 0 Å². The van der Waals surface area contributed by atoms with E-state index in [1.54, 1.807) is 32.5 Å². The zero-order chi connectivity index (χ0) is 29.1. The lowest BCUT2D eigenvalue weighted by Crippen LogP contribution is -2.30. The minimum absolute atomic E-state index is 0.138. The monoisotopic (exact) mass is 596 g/mol. The highest BCUT2D eigenvalue weighted by Gasteiger charge is 2.43. The number of amides is 2. The summed E-state index contributed by atoms with van der Waals surface area (Å²) in [5.74, 6) is 1.02. The van der Waals surface area contributed by atoms with Gasteiger partial charge in [0.25, 0.3) is 11.8 Å². The van der Waals surface area contributed by atoms with Crippen LogP contribution in [0.1, 0.15) is 76.3 Å². The van der Waals surface area contributed by atoms with Crippen LogP contribution in [-0.2, 0) is 9.59 Å². The van der Waals surface area contributed by atoms with Gasteiger partial charge in [-0.3, -0.25) is 19.4 Å². The van der Waals surface area contributed by atoms with E-state index in [0.717, 1.165) is 83.4 Å². The average Bonchev–Trinajstić information content (AvgIpc) is 3.81. The zero-order valence-electron chi connectivity index (χ0n) is 24.3. The third-order valence-corrected chi connectivity index (χ3v) is 9.87. The first-order valence-electron chi connectivity index (χ1n) is 15.1. The van der Waals surface area contributed by atoms with Crippen LogP contribution < -0.4 is 9.80 Å². The Balaban J connectivity index is 1.50. The van der Waals surface area contributed by atoms with Gasteiger partial charge in [-0.25, -0.2) is 9.97 Å². The van der Waals surface area contributed by atoms with Crippen molar-refractivity contribution < 1.29 is 9.59 Å². The highest BCUT2D eigenvalue weighted by atomic mass is 32.1. The van der Waals surface area contributed by atoms with Gasteiger partial charge in [0.2, 0.25) is 0 Å². The molecule has 6 nitrogen and oxygen atoms in total. The summed E-state index contributed by atoms with van der Waals surface area (Å²) in [6.45, 7) is 5.54. The van der Waals surface area contributed by atoms with E-state index in [9.17, 15) is 9.59 Å². The molecule has 4 aromatic heterocycles. The van der Waals surface area contributed by atoms with Gasteiger partial charge in [-0.15, -0.1) is 22.7 Å². The molecule has 0 fully saturated rings. The summed E-state index contributed by atoms with van der Waals surface area (Å²) in [7, 11) is 0. The van der Waals surface area contributed by atoms with Crippen molar-refractivity contribution in [2.24, 2.45) is 0 Å². The Labute approximate surface area is 255 Å².